The van der Waals surface area contributed by atoms with Crippen LogP contribution >= 0.6 is 23.2 Å². The standard InChI is InChI=1S/C16H21Cl2NO2/c17-13-3-1-2-11(16(13)18)15(21)6-7-19-8-10-4-5-14(20)12(10)9-19/h1-3,10,12,14-15,20-21H,4-9H2. The van der Waals surface area contributed by atoms with E-state index in [0.29, 0.717) is 33.9 Å². The van der Waals surface area contributed by atoms with Crippen LogP contribution in [0.25, 0.3) is 0 Å². The molecule has 0 aromatic heterocycles. The first kappa shape index (κ1) is 15.6. The SMILES string of the molecule is OC(CCN1CC2CCC(O)C2C1)c1cccc(Cl)c1Cl. The van der Waals surface area contributed by atoms with Gasteiger partial charge in [-0.1, -0.05) is 35.3 Å². The first-order chi connectivity index (χ1) is 10.1. The Kier molecular flexibility index (Phi) is 4.77. The molecule has 1 saturated carbocycles. The van der Waals surface area contributed by atoms with Gasteiger partial charge in [-0.25, -0.2) is 0 Å². The molecule has 2 aliphatic rings. The fourth-order valence-electron chi connectivity index (χ4n) is 3.75. The van der Waals surface area contributed by atoms with Crippen LogP contribution in [0.1, 0.15) is 30.9 Å². The number of fused-ring (bicyclic) bond motifs is 1. The Bertz CT molecular complexity index is 511. The number of rotatable bonds is 4. The van der Waals surface area contributed by atoms with E-state index in [1.54, 1.807) is 6.07 Å². The third-order valence-corrected chi connectivity index (χ3v) is 5.79. The summed E-state index contributed by atoms with van der Waals surface area (Å²) in [4.78, 5) is 2.35. The van der Waals surface area contributed by atoms with Crippen molar-refractivity contribution in [3.8, 4) is 0 Å². The third-order valence-electron chi connectivity index (χ3n) is 4.95. The van der Waals surface area contributed by atoms with E-state index in [2.05, 4.69) is 4.90 Å². The number of aliphatic hydroxyl groups excluding tert-OH is 2. The molecule has 5 heteroatoms. The zero-order chi connectivity index (χ0) is 15.0. The smallest absolute Gasteiger partial charge is 0.0817 e. The van der Waals surface area contributed by atoms with Gasteiger partial charge in [-0.05, 0) is 31.2 Å². The van der Waals surface area contributed by atoms with Crippen molar-refractivity contribution < 1.29 is 10.2 Å². The van der Waals surface area contributed by atoms with E-state index in [1.807, 2.05) is 12.1 Å². The Morgan fingerprint density at radius 1 is 1.24 bits per heavy atom. The van der Waals surface area contributed by atoms with Crippen molar-refractivity contribution in [2.75, 3.05) is 19.6 Å². The Morgan fingerprint density at radius 3 is 2.81 bits per heavy atom. The Hall–Kier alpha value is -0.320. The molecule has 1 aliphatic heterocycles. The van der Waals surface area contributed by atoms with Crippen molar-refractivity contribution in [3.63, 3.8) is 0 Å². The Morgan fingerprint density at radius 2 is 2.05 bits per heavy atom. The van der Waals surface area contributed by atoms with Crippen LogP contribution < -0.4 is 0 Å². The van der Waals surface area contributed by atoms with Crippen LogP contribution in [0.4, 0.5) is 0 Å². The molecule has 1 aromatic carbocycles. The summed E-state index contributed by atoms with van der Waals surface area (Å²) in [5, 5.41) is 21.2. The fraction of sp³-hybridized carbons (Fsp3) is 0.625. The highest BCUT2D eigenvalue weighted by atomic mass is 35.5. The number of hydrogen-bond acceptors (Lipinski definition) is 3. The van der Waals surface area contributed by atoms with E-state index in [4.69, 9.17) is 23.2 Å². The van der Waals surface area contributed by atoms with Crippen LogP contribution in [-0.4, -0.2) is 40.9 Å². The minimum absolute atomic E-state index is 0.132. The lowest BCUT2D eigenvalue weighted by molar-refractivity contribution is 0.117. The number of hydrogen-bond donors (Lipinski definition) is 2. The molecule has 21 heavy (non-hydrogen) atoms. The lowest BCUT2D eigenvalue weighted by Crippen LogP contribution is -2.26. The second kappa shape index (κ2) is 6.43. The van der Waals surface area contributed by atoms with Crippen LogP contribution in [0.15, 0.2) is 18.2 Å². The van der Waals surface area contributed by atoms with Crippen molar-refractivity contribution in [2.24, 2.45) is 11.8 Å². The summed E-state index contributed by atoms with van der Waals surface area (Å²) in [6.07, 6.45) is 1.98. The number of likely N-dealkylation sites (tertiary alicyclic amines) is 1. The molecule has 0 spiro atoms. The molecule has 1 saturated heterocycles. The van der Waals surface area contributed by atoms with E-state index >= 15 is 0 Å². The summed E-state index contributed by atoms with van der Waals surface area (Å²) >= 11 is 12.1. The maximum Gasteiger partial charge on any atom is 0.0817 e. The van der Waals surface area contributed by atoms with Crippen molar-refractivity contribution in [3.05, 3.63) is 33.8 Å². The zero-order valence-corrected chi connectivity index (χ0v) is 13.4. The van der Waals surface area contributed by atoms with Crippen molar-refractivity contribution in [2.45, 2.75) is 31.5 Å². The van der Waals surface area contributed by atoms with Crippen molar-refractivity contribution in [1.29, 1.82) is 0 Å². The maximum atomic E-state index is 10.3. The van der Waals surface area contributed by atoms with Crippen LogP contribution in [0.3, 0.4) is 0 Å². The molecule has 116 valence electrons. The van der Waals surface area contributed by atoms with Crippen LogP contribution in [0.5, 0.6) is 0 Å². The van der Waals surface area contributed by atoms with Crippen molar-refractivity contribution >= 4 is 23.2 Å². The van der Waals surface area contributed by atoms with Crippen LogP contribution in [0.2, 0.25) is 10.0 Å². The van der Waals surface area contributed by atoms with Gasteiger partial charge >= 0.3 is 0 Å². The number of nitrogens with zero attached hydrogens (tertiary/aromatic N) is 1. The van der Waals surface area contributed by atoms with Gasteiger partial charge < -0.3 is 15.1 Å². The highest BCUT2D eigenvalue weighted by Gasteiger charge is 2.41. The maximum absolute atomic E-state index is 10.3. The molecule has 4 atom stereocenters. The van der Waals surface area contributed by atoms with Gasteiger partial charge in [0, 0.05) is 31.1 Å². The van der Waals surface area contributed by atoms with Crippen LogP contribution in [0, 0.1) is 11.8 Å². The number of aliphatic hydroxyl groups is 2. The summed E-state index contributed by atoms with van der Waals surface area (Å²) in [5.41, 5.74) is 0.698. The lowest BCUT2D eigenvalue weighted by atomic mass is 10.00. The normalized spacial score (nSPS) is 30.6. The molecule has 0 radical (unpaired) electrons. The number of benzene rings is 1. The molecule has 0 bridgehead atoms. The molecular formula is C16H21Cl2NO2. The predicted molar refractivity (Wildman–Crippen MR) is 84.7 cm³/mol. The highest BCUT2D eigenvalue weighted by molar-refractivity contribution is 6.42. The molecule has 3 rings (SSSR count). The zero-order valence-electron chi connectivity index (χ0n) is 11.9. The second-order valence-corrected chi connectivity index (χ2v) is 7.06. The van der Waals surface area contributed by atoms with Crippen molar-refractivity contribution in [1.82, 2.24) is 4.90 Å². The second-order valence-electron chi connectivity index (χ2n) is 6.28. The topological polar surface area (TPSA) is 43.7 Å². The molecule has 1 aromatic rings. The summed E-state index contributed by atoms with van der Waals surface area (Å²) in [5.74, 6) is 1.06. The molecule has 2 N–H and O–H groups in total. The molecule has 3 nitrogen and oxygen atoms in total. The molecule has 0 amide bonds. The average molecular weight is 330 g/mol. The summed E-state index contributed by atoms with van der Waals surface area (Å²) in [6, 6.07) is 5.36. The monoisotopic (exact) mass is 329 g/mol. The van der Waals surface area contributed by atoms with Crippen LogP contribution in [-0.2, 0) is 0 Å². The van der Waals surface area contributed by atoms with Gasteiger partial charge in [0.1, 0.15) is 0 Å². The van der Waals surface area contributed by atoms with Gasteiger partial charge in [0.2, 0.25) is 0 Å². The van der Waals surface area contributed by atoms with E-state index in [9.17, 15) is 10.2 Å². The third kappa shape index (κ3) is 3.22. The average Bonchev–Trinajstić information content (AvgIpc) is 3.01. The minimum atomic E-state index is -0.596. The van der Waals surface area contributed by atoms with E-state index in [-0.39, 0.29) is 6.10 Å². The van der Waals surface area contributed by atoms with Gasteiger partial charge in [0.25, 0.3) is 0 Å². The first-order valence-electron chi connectivity index (χ1n) is 7.58. The largest absolute Gasteiger partial charge is 0.393 e. The quantitative estimate of drug-likeness (QED) is 0.891. The molecule has 2 fully saturated rings. The summed E-state index contributed by atoms with van der Waals surface area (Å²) in [7, 11) is 0. The summed E-state index contributed by atoms with van der Waals surface area (Å²) < 4.78 is 0. The van der Waals surface area contributed by atoms with Gasteiger partial charge in [0.15, 0.2) is 0 Å². The van der Waals surface area contributed by atoms with E-state index < -0.39 is 6.10 Å². The lowest BCUT2D eigenvalue weighted by Gasteiger charge is -2.20. The highest BCUT2D eigenvalue weighted by Crippen LogP contribution is 2.38. The number of halogens is 2. The minimum Gasteiger partial charge on any atom is -0.393 e. The molecule has 1 aliphatic carbocycles. The summed E-state index contributed by atoms with van der Waals surface area (Å²) in [6.45, 7) is 2.81. The predicted octanol–water partition coefficient (Wildman–Crippen LogP) is 3.12. The van der Waals surface area contributed by atoms with E-state index in [0.717, 1.165) is 32.5 Å². The Labute approximate surface area is 135 Å². The first-order valence-corrected chi connectivity index (χ1v) is 8.34. The molecule has 4 unspecified atom stereocenters. The van der Waals surface area contributed by atoms with Gasteiger partial charge in [-0.2, -0.15) is 0 Å². The fourth-order valence-corrected chi connectivity index (χ4v) is 4.18. The van der Waals surface area contributed by atoms with E-state index in [1.165, 1.54) is 0 Å². The van der Waals surface area contributed by atoms with Gasteiger partial charge in [-0.15, -0.1) is 0 Å². The molecular weight excluding hydrogens is 309 g/mol. The van der Waals surface area contributed by atoms with Gasteiger partial charge in [0.05, 0.1) is 22.3 Å². The Balaban J connectivity index is 1.55. The molecule has 1 heterocycles. The van der Waals surface area contributed by atoms with Gasteiger partial charge in [-0.3, -0.25) is 0 Å².